The number of amides is 1. The monoisotopic (exact) mass is 404 g/mol. The third kappa shape index (κ3) is 5.46. The molecule has 2 aromatic rings. The SMILES string of the molecule is Cc1cc(S(=O)(=O)Nc2ccccc2)ccc1OCC(=O)NCC1CCCO1. The molecule has 2 aromatic carbocycles. The van der Waals surface area contributed by atoms with Crippen molar-refractivity contribution >= 4 is 21.6 Å². The van der Waals surface area contributed by atoms with Gasteiger partial charge in [-0.3, -0.25) is 9.52 Å². The highest BCUT2D eigenvalue weighted by Gasteiger charge is 2.18. The Morgan fingerprint density at radius 1 is 1.21 bits per heavy atom. The number of nitrogens with one attached hydrogen (secondary N) is 2. The van der Waals surface area contributed by atoms with Crippen LogP contribution < -0.4 is 14.8 Å². The summed E-state index contributed by atoms with van der Waals surface area (Å²) in [7, 11) is -3.70. The molecule has 2 N–H and O–H groups in total. The van der Waals surface area contributed by atoms with E-state index in [-0.39, 0.29) is 23.5 Å². The Labute approximate surface area is 165 Å². The zero-order valence-electron chi connectivity index (χ0n) is 15.7. The second-order valence-corrected chi connectivity index (χ2v) is 8.31. The first-order chi connectivity index (χ1) is 13.4. The van der Waals surface area contributed by atoms with Crippen molar-refractivity contribution in [2.75, 3.05) is 24.5 Å². The van der Waals surface area contributed by atoms with E-state index in [2.05, 4.69) is 10.0 Å². The summed E-state index contributed by atoms with van der Waals surface area (Å²) in [6.45, 7) is 2.82. The van der Waals surface area contributed by atoms with Crippen LogP contribution in [0.4, 0.5) is 5.69 Å². The van der Waals surface area contributed by atoms with Crippen LogP contribution in [0.1, 0.15) is 18.4 Å². The lowest BCUT2D eigenvalue weighted by Gasteiger charge is -2.13. The number of sulfonamides is 1. The minimum absolute atomic E-state index is 0.0762. The third-order valence-corrected chi connectivity index (χ3v) is 5.77. The van der Waals surface area contributed by atoms with Crippen LogP contribution >= 0.6 is 0 Å². The lowest BCUT2D eigenvalue weighted by Crippen LogP contribution is -2.35. The number of benzene rings is 2. The van der Waals surface area contributed by atoms with Crippen molar-refractivity contribution in [3.63, 3.8) is 0 Å². The molecule has 1 heterocycles. The summed E-state index contributed by atoms with van der Waals surface area (Å²) in [5.74, 6) is 0.225. The Morgan fingerprint density at radius 2 is 2.00 bits per heavy atom. The second-order valence-electron chi connectivity index (χ2n) is 6.63. The van der Waals surface area contributed by atoms with Crippen molar-refractivity contribution in [1.29, 1.82) is 0 Å². The standard InChI is InChI=1S/C20H24N2O5S/c1-15-12-18(28(24,25)22-16-6-3-2-4-7-16)9-10-19(15)27-14-20(23)21-13-17-8-5-11-26-17/h2-4,6-7,9-10,12,17,22H,5,8,11,13-14H2,1H3,(H,21,23). The molecule has 0 aromatic heterocycles. The fourth-order valence-corrected chi connectivity index (χ4v) is 4.04. The Kier molecular flexibility index (Phi) is 6.53. The van der Waals surface area contributed by atoms with Gasteiger partial charge in [0.05, 0.1) is 11.0 Å². The largest absolute Gasteiger partial charge is 0.484 e. The fourth-order valence-electron chi connectivity index (χ4n) is 2.90. The number of ether oxygens (including phenoxy) is 2. The molecule has 7 nitrogen and oxygen atoms in total. The van der Waals surface area contributed by atoms with Crippen molar-refractivity contribution in [2.24, 2.45) is 0 Å². The first-order valence-corrected chi connectivity index (χ1v) is 10.6. The molecular weight excluding hydrogens is 380 g/mol. The summed E-state index contributed by atoms with van der Waals surface area (Å²) in [5, 5.41) is 2.78. The topological polar surface area (TPSA) is 93.7 Å². The van der Waals surface area contributed by atoms with E-state index in [0.717, 1.165) is 19.4 Å². The highest BCUT2D eigenvalue weighted by molar-refractivity contribution is 7.92. The summed E-state index contributed by atoms with van der Waals surface area (Å²) in [5.41, 5.74) is 1.12. The van der Waals surface area contributed by atoms with E-state index in [9.17, 15) is 13.2 Å². The van der Waals surface area contributed by atoms with E-state index >= 15 is 0 Å². The first-order valence-electron chi connectivity index (χ1n) is 9.14. The Morgan fingerprint density at radius 3 is 2.68 bits per heavy atom. The third-order valence-electron chi connectivity index (χ3n) is 4.39. The van der Waals surface area contributed by atoms with Crippen LogP contribution in [0.2, 0.25) is 0 Å². The number of hydrogen-bond donors (Lipinski definition) is 2. The van der Waals surface area contributed by atoms with E-state index < -0.39 is 10.0 Å². The van der Waals surface area contributed by atoms with Gasteiger partial charge >= 0.3 is 0 Å². The molecule has 1 amide bonds. The maximum atomic E-state index is 12.5. The van der Waals surface area contributed by atoms with E-state index in [1.165, 1.54) is 12.1 Å². The molecule has 1 atom stereocenters. The van der Waals surface area contributed by atoms with Gasteiger partial charge in [0.2, 0.25) is 0 Å². The molecule has 1 saturated heterocycles. The van der Waals surface area contributed by atoms with Gasteiger partial charge in [0.25, 0.3) is 15.9 Å². The molecule has 28 heavy (non-hydrogen) atoms. The summed E-state index contributed by atoms with van der Waals surface area (Å²) in [6.07, 6.45) is 2.05. The molecule has 3 rings (SSSR count). The van der Waals surface area contributed by atoms with Crippen LogP contribution in [-0.2, 0) is 19.6 Å². The fraction of sp³-hybridized carbons (Fsp3) is 0.350. The van der Waals surface area contributed by atoms with Gasteiger partial charge in [-0.15, -0.1) is 0 Å². The van der Waals surface area contributed by atoms with Crippen LogP contribution in [0, 0.1) is 6.92 Å². The van der Waals surface area contributed by atoms with Gasteiger partial charge in [0.15, 0.2) is 6.61 Å². The van der Waals surface area contributed by atoms with Gasteiger partial charge in [-0.25, -0.2) is 8.42 Å². The predicted octanol–water partition coefficient (Wildman–Crippen LogP) is 2.47. The van der Waals surface area contributed by atoms with Crippen molar-refractivity contribution in [3.05, 3.63) is 54.1 Å². The highest BCUT2D eigenvalue weighted by atomic mass is 32.2. The zero-order chi connectivity index (χ0) is 20.0. The van der Waals surface area contributed by atoms with Gasteiger partial charge in [-0.2, -0.15) is 0 Å². The molecule has 0 aliphatic carbocycles. The van der Waals surface area contributed by atoms with Gasteiger partial charge in [0.1, 0.15) is 5.75 Å². The summed E-state index contributed by atoms with van der Waals surface area (Å²) >= 11 is 0. The normalized spacial score (nSPS) is 16.5. The number of rotatable bonds is 8. The van der Waals surface area contributed by atoms with Crippen LogP contribution in [-0.4, -0.2) is 40.2 Å². The van der Waals surface area contributed by atoms with Crippen molar-refractivity contribution in [3.8, 4) is 5.75 Å². The number of anilines is 1. The molecule has 1 fully saturated rings. The van der Waals surface area contributed by atoms with Crippen LogP contribution in [0.25, 0.3) is 0 Å². The smallest absolute Gasteiger partial charge is 0.261 e. The number of para-hydroxylation sites is 1. The molecule has 1 aliphatic rings. The average Bonchev–Trinajstić information content (AvgIpc) is 3.19. The Bertz CT molecular complexity index is 909. The molecule has 1 unspecified atom stereocenters. The molecule has 0 radical (unpaired) electrons. The molecular formula is C20H24N2O5S. The van der Waals surface area contributed by atoms with Crippen molar-refractivity contribution < 1.29 is 22.7 Å². The van der Waals surface area contributed by atoms with Crippen LogP contribution in [0.3, 0.4) is 0 Å². The highest BCUT2D eigenvalue weighted by Crippen LogP contribution is 2.23. The van der Waals surface area contributed by atoms with Gasteiger partial charge in [-0.1, -0.05) is 18.2 Å². The minimum atomic E-state index is -3.70. The Balaban J connectivity index is 1.56. The lowest BCUT2D eigenvalue weighted by molar-refractivity contribution is -0.123. The van der Waals surface area contributed by atoms with E-state index in [4.69, 9.17) is 9.47 Å². The van der Waals surface area contributed by atoms with E-state index in [0.29, 0.717) is 23.5 Å². The maximum absolute atomic E-state index is 12.5. The maximum Gasteiger partial charge on any atom is 0.261 e. The van der Waals surface area contributed by atoms with Crippen LogP contribution in [0.15, 0.2) is 53.4 Å². The molecule has 150 valence electrons. The van der Waals surface area contributed by atoms with Crippen LogP contribution in [0.5, 0.6) is 5.75 Å². The first kappa shape index (κ1) is 20.2. The van der Waals surface area contributed by atoms with E-state index in [1.807, 2.05) is 6.07 Å². The zero-order valence-corrected chi connectivity index (χ0v) is 16.5. The number of carbonyl (C=O) groups excluding carboxylic acids is 1. The predicted molar refractivity (Wildman–Crippen MR) is 106 cm³/mol. The number of carbonyl (C=O) groups is 1. The molecule has 8 heteroatoms. The van der Waals surface area contributed by atoms with Crippen molar-refractivity contribution in [1.82, 2.24) is 5.32 Å². The number of hydrogen-bond acceptors (Lipinski definition) is 5. The Hall–Kier alpha value is -2.58. The average molecular weight is 404 g/mol. The minimum Gasteiger partial charge on any atom is -0.484 e. The lowest BCUT2D eigenvalue weighted by atomic mass is 10.2. The van der Waals surface area contributed by atoms with Crippen molar-refractivity contribution in [2.45, 2.75) is 30.8 Å². The molecule has 1 aliphatic heterocycles. The molecule has 0 saturated carbocycles. The molecule has 0 spiro atoms. The quantitative estimate of drug-likeness (QED) is 0.705. The summed E-state index contributed by atoms with van der Waals surface area (Å²) < 4.78 is 38.5. The van der Waals surface area contributed by atoms with Gasteiger partial charge in [-0.05, 0) is 55.7 Å². The number of aryl methyl sites for hydroxylation is 1. The molecule has 0 bridgehead atoms. The second kappa shape index (κ2) is 9.07. The summed E-state index contributed by atoms with van der Waals surface area (Å²) in [4.78, 5) is 12.0. The van der Waals surface area contributed by atoms with Gasteiger partial charge < -0.3 is 14.8 Å². The van der Waals surface area contributed by atoms with Gasteiger partial charge in [0, 0.05) is 18.8 Å². The van der Waals surface area contributed by atoms with E-state index in [1.54, 1.807) is 37.3 Å². The summed E-state index contributed by atoms with van der Waals surface area (Å²) in [6, 6.07) is 13.2.